The van der Waals surface area contributed by atoms with Crippen LogP contribution in [0, 0.1) is 6.92 Å². The van der Waals surface area contributed by atoms with Gasteiger partial charge in [-0.3, -0.25) is 4.79 Å². The van der Waals surface area contributed by atoms with Gasteiger partial charge in [0.2, 0.25) is 5.91 Å². The Bertz CT molecular complexity index is 1620. The third-order valence-corrected chi connectivity index (χ3v) is 8.70. The van der Waals surface area contributed by atoms with E-state index in [0.29, 0.717) is 53.0 Å². The highest BCUT2D eigenvalue weighted by atomic mass is 32.2. The molecule has 4 aromatic rings. The van der Waals surface area contributed by atoms with Crippen LogP contribution in [-0.4, -0.2) is 39.8 Å². The van der Waals surface area contributed by atoms with Gasteiger partial charge in [0.05, 0.1) is 29.9 Å². The van der Waals surface area contributed by atoms with Gasteiger partial charge in [0.15, 0.2) is 10.6 Å². The summed E-state index contributed by atoms with van der Waals surface area (Å²) in [6.45, 7) is 8.40. The number of unbranched alkanes of at least 4 members (excludes halogenated alkanes) is 1. The van der Waals surface area contributed by atoms with Crippen molar-refractivity contribution in [2.75, 3.05) is 25.1 Å². The number of amides is 1. The second-order valence-corrected chi connectivity index (χ2v) is 12.4. The molecule has 0 radical (unpaired) electrons. The van der Waals surface area contributed by atoms with Crippen LogP contribution in [0.1, 0.15) is 55.6 Å². The van der Waals surface area contributed by atoms with Crippen molar-refractivity contribution in [1.29, 1.82) is 0 Å². The minimum absolute atomic E-state index is 0.141. The summed E-state index contributed by atoms with van der Waals surface area (Å²) >= 11 is -1.33. The molecule has 0 aliphatic rings. The molecule has 7 nitrogen and oxygen atoms in total. The van der Waals surface area contributed by atoms with Crippen molar-refractivity contribution < 1.29 is 32.0 Å². The summed E-state index contributed by atoms with van der Waals surface area (Å²) < 4.78 is 67.7. The zero-order valence-electron chi connectivity index (χ0n) is 26.8. The third kappa shape index (κ3) is 10.5. The predicted molar refractivity (Wildman–Crippen MR) is 180 cm³/mol. The number of aryl methyl sites for hydroxylation is 2. The molecule has 0 saturated carbocycles. The SMILES string of the molecule is CCCCOCCOc1ccc(-c2ccc(C(F)(F)F)c(/C=C/C(=O)Nc3ccc([S@@+]([O-])Cc4c(C)ncn4CCC)cc3)c2)cc1. The minimum atomic E-state index is -4.61. The summed E-state index contributed by atoms with van der Waals surface area (Å²) in [7, 11) is 0. The highest BCUT2D eigenvalue weighted by molar-refractivity contribution is 7.90. The van der Waals surface area contributed by atoms with Gasteiger partial charge in [-0.25, -0.2) is 4.98 Å². The number of hydrogen-bond donors (Lipinski definition) is 1. The van der Waals surface area contributed by atoms with E-state index >= 15 is 0 Å². The standard InChI is InChI=1S/C36H40F3N3O4S/c1-4-6-20-45-21-22-46-31-13-7-27(8-14-31)28-9-17-33(36(37,38)39)29(23-28)10-18-35(43)41-30-11-15-32(16-12-30)47(44)24-34-26(3)40-25-42(34)19-5-2/h7-18,23,25H,4-6,19-22,24H2,1-3H3,(H,41,43)/b18-10+/t47-/m0/s1. The zero-order valence-corrected chi connectivity index (χ0v) is 27.6. The van der Waals surface area contributed by atoms with Crippen LogP contribution in [0.25, 0.3) is 17.2 Å². The molecule has 0 spiro atoms. The molecule has 47 heavy (non-hydrogen) atoms. The van der Waals surface area contributed by atoms with Crippen molar-refractivity contribution in [2.45, 2.75) is 63.4 Å². The minimum Gasteiger partial charge on any atom is -0.611 e. The van der Waals surface area contributed by atoms with E-state index in [4.69, 9.17) is 9.47 Å². The summed E-state index contributed by atoms with van der Waals surface area (Å²) in [5.74, 6) is 0.343. The molecule has 0 bridgehead atoms. The van der Waals surface area contributed by atoms with Crippen LogP contribution < -0.4 is 10.1 Å². The molecule has 0 unspecified atom stereocenters. The zero-order chi connectivity index (χ0) is 33.8. The summed E-state index contributed by atoms with van der Waals surface area (Å²) in [5, 5.41) is 2.66. The van der Waals surface area contributed by atoms with Crippen LogP contribution in [-0.2, 0) is 39.2 Å². The number of nitrogens with one attached hydrogen (secondary N) is 1. The molecule has 1 N–H and O–H groups in total. The van der Waals surface area contributed by atoms with E-state index in [1.807, 2.05) is 11.5 Å². The smallest absolute Gasteiger partial charge is 0.416 e. The molecule has 0 aliphatic carbocycles. The molecular formula is C36H40F3N3O4S. The molecule has 0 aliphatic heterocycles. The van der Waals surface area contributed by atoms with E-state index in [9.17, 15) is 22.5 Å². The van der Waals surface area contributed by atoms with Gasteiger partial charge < -0.3 is 23.9 Å². The molecule has 1 aromatic heterocycles. The molecule has 0 saturated heterocycles. The normalized spacial score (nSPS) is 12.4. The number of alkyl halides is 3. The van der Waals surface area contributed by atoms with E-state index in [-0.39, 0.29) is 5.56 Å². The quantitative estimate of drug-likeness (QED) is 0.0736. The molecule has 1 atom stereocenters. The number of nitrogens with zero attached hydrogens (tertiary/aromatic N) is 2. The lowest BCUT2D eigenvalue weighted by Crippen LogP contribution is -2.12. The van der Waals surface area contributed by atoms with Crippen LogP contribution in [0.5, 0.6) is 5.75 Å². The predicted octanol–water partition coefficient (Wildman–Crippen LogP) is 8.44. The van der Waals surface area contributed by atoms with Gasteiger partial charge in [-0.1, -0.05) is 38.5 Å². The molecule has 3 aromatic carbocycles. The number of imidazole rings is 1. The lowest BCUT2D eigenvalue weighted by atomic mass is 9.98. The Labute approximate surface area is 277 Å². The van der Waals surface area contributed by atoms with E-state index in [1.165, 1.54) is 12.1 Å². The van der Waals surface area contributed by atoms with Crippen LogP contribution in [0.4, 0.5) is 18.9 Å². The number of rotatable bonds is 16. The number of hydrogen-bond acceptors (Lipinski definition) is 5. The van der Waals surface area contributed by atoms with Crippen molar-refractivity contribution in [3.63, 3.8) is 0 Å². The number of carbonyl (C=O) groups excluding carboxylic acids is 1. The van der Waals surface area contributed by atoms with Crippen molar-refractivity contribution in [3.8, 4) is 16.9 Å². The van der Waals surface area contributed by atoms with Gasteiger partial charge >= 0.3 is 6.18 Å². The van der Waals surface area contributed by atoms with Gasteiger partial charge in [0.25, 0.3) is 0 Å². The van der Waals surface area contributed by atoms with Crippen LogP contribution in [0.3, 0.4) is 0 Å². The first-order valence-electron chi connectivity index (χ1n) is 15.6. The van der Waals surface area contributed by atoms with E-state index in [1.54, 1.807) is 54.9 Å². The van der Waals surface area contributed by atoms with Crippen molar-refractivity contribution in [1.82, 2.24) is 9.55 Å². The number of benzene rings is 3. The fraction of sp³-hybridized carbons (Fsp3) is 0.333. The highest BCUT2D eigenvalue weighted by Crippen LogP contribution is 2.35. The highest BCUT2D eigenvalue weighted by Gasteiger charge is 2.32. The first-order valence-corrected chi connectivity index (χ1v) is 16.9. The largest absolute Gasteiger partial charge is 0.611 e. The summed E-state index contributed by atoms with van der Waals surface area (Å²) in [6, 6.07) is 17.4. The molecule has 4 rings (SSSR count). The van der Waals surface area contributed by atoms with E-state index in [0.717, 1.165) is 55.4 Å². The van der Waals surface area contributed by atoms with Crippen molar-refractivity contribution in [3.05, 3.63) is 102 Å². The van der Waals surface area contributed by atoms with Gasteiger partial charge in [0, 0.05) is 24.9 Å². The summed E-state index contributed by atoms with van der Waals surface area (Å²) in [6.07, 6.45) is 2.36. The average molecular weight is 668 g/mol. The monoisotopic (exact) mass is 667 g/mol. The Morgan fingerprint density at radius 1 is 0.979 bits per heavy atom. The van der Waals surface area contributed by atoms with Crippen molar-refractivity contribution >= 4 is 28.8 Å². The fourth-order valence-electron chi connectivity index (χ4n) is 4.83. The first kappa shape index (κ1) is 35.8. The van der Waals surface area contributed by atoms with Gasteiger partial charge in [-0.05, 0) is 102 Å². The number of aromatic nitrogens is 2. The fourth-order valence-corrected chi connectivity index (χ4v) is 6.05. The Balaban J connectivity index is 1.40. The van der Waals surface area contributed by atoms with Crippen LogP contribution in [0.15, 0.2) is 84.0 Å². The number of carbonyl (C=O) groups is 1. The maximum atomic E-state index is 13.8. The maximum Gasteiger partial charge on any atom is 0.416 e. The Morgan fingerprint density at radius 3 is 2.38 bits per heavy atom. The second-order valence-electron chi connectivity index (χ2n) is 10.9. The van der Waals surface area contributed by atoms with E-state index in [2.05, 4.69) is 24.1 Å². The van der Waals surface area contributed by atoms with Crippen LogP contribution in [0.2, 0.25) is 0 Å². The number of anilines is 1. The number of halogens is 3. The summed E-state index contributed by atoms with van der Waals surface area (Å²) in [5.41, 5.74) is 2.45. The van der Waals surface area contributed by atoms with Gasteiger partial charge in [-0.15, -0.1) is 0 Å². The second kappa shape index (κ2) is 17.2. The molecule has 0 fully saturated rings. The topological polar surface area (TPSA) is 88.4 Å². The van der Waals surface area contributed by atoms with Crippen molar-refractivity contribution in [2.24, 2.45) is 0 Å². The molecule has 1 amide bonds. The third-order valence-electron chi connectivity index (χ3n) is 7.37. The molecule has 250 valence electrons. The summed E-state index contributed by atoms with van der Waals surface area (Å²) in [4.78, 5) is 17.6. The first-order chi connectivity index (χ1) is 22.6. The van der Waals surface area contributed by atoms with Gasteiger partial charge in [0.1, 0.15) is 12.4 Å². The van der Waals surface area contributed by atoms with Gasteiger partial charge in [-0.2, -0.15) is 13.2 Å². The van der Waals surface area contributed by atoms with E-state index < -0.39 is 28.8 Å². The lowest BCUT2D eigenvalue weighted by molar-refractivity contribution is -0.137. The Morgan fingerprint density at radius 2 is 1.70 bits per heavy atom. The number of ether oxygens (including phenoxy) is 2. The maximum absolute atomic E-state index is 13.8. The molecule has 11 heteroatoms. The Kier molecular flexibility index (Phi) is 13.1. The molecule has 1 heterocycles. The molecular weight excluding hydrogens is 627 g/mol. The lowest BCUT2D eigenvalue weighted by Gasteiger charge is -2.14. The Hall–Kier alpha value is -4.06. The average Bonchev–Trinajstić information content (AvgIpc) is 3.39. The van der Waals surface area contributed by atoms with Crippen LogP contribution >= 0.6 is 0 Å².